The Morgan fingerprint density at radius 3 is 2.60 bits per heavy atom. The molecule has 0 spiro atoms. The summed E-state index contributed by atoms with van der Waals surface area (Å²) in [6.07, 6.45) is 0.923. The van der Waals surface area contributed by atoms with Crippen LogP contribution in [0.15, 0.2) is 24.3 Å². The van der Waals surface area contributed by atoms with Gasteiger partial charge in [0.1, 0.15) is 0 Å². The standard InChI is InChI=1S/C12H18N2O/c1-4-10-8-6-7-9-11(10)13-12(15)14(3)5-2/h6-9H,4-5H2,1-3H3,(H,13,15). The van der Waals surface area contributed by atoms with Gasteiger partial charge in [0, 0.05) is 19.3 Å². The molecule has 3 nitrogen and oxygen atoms in total. The molecule has 0 radical (unpaired) electrons. The van der Waals surface area contributed by atoms with Crippen molar-refractivity contribution in [1.82, 2.24) is 4.90 Å². The number of para-hydroxylation sites is 1. The molecule has 1 aromatic carbocycles. The first kappa shape index (κ1) is 11.6. The van der Waals surface area contributed by atoms with E-state index in [-0.39, 0.29) is 6.03 Å². The summed E-state index contributed by atoms with van der Waals surface area (Å²) in [5.74, 6) is 0. The quantitative estimate of drug-likeness (QED) is 0.810. The maximum Gasteiger partial charge on any atom is 0.321 e. The first-order chi connectivity index (χ1) is 7.19. The van der Waals surface area contributed by atoms with E-state index in [1.165, 1.54) is 0 Å². The van der Waals surface area contributed by atoms with Gasteiger partial charge < -0.3 is 10.2 Å². The molecule has 0 aliphatic carbocycles. The first-order valence-corrected chi connectivity index (χ1v) is 5.29. The Morgan fingerprint density at radius 2 is 2.00 bits per heavy atom. The van der Waals surface area contributed by atoms with Crippen LogP contribution >= 0.6 is 0 Å². The Bertz CT molecular complexity index is 336. The zero-order chi connectivity index (χ0) is 11.3. The van der Waals surface area contributed by atoms with Crippen molar-refractivity contribution in [3.05, 3.63) is 29.8 Å². The number of rotatable bonds is 3. The predicted octanol–water partition coefficient (Wildman–Crippen LogP) is 2.73. The van der Waals surface area contributed by atoms with Crippen molar-refractivity contribution >= 4 is 11.7 Å². The van der Waals surface area contributed by atoms with Gasteiger partial charge in [-0.1, -0.05) is 25.1 Å². The number of nitrogens with one attached hydrogen (secondary N) is 1. The van der Waals surface area contributed by atoms with Gasteiger partial charge in [-0.25, -0.2) is 4.79 Å². The molecule has 0 fully saturated rings. The smallest absolute Gasteiger partial charge is 0.321 e. The van der Waals surface area contributed by atoms with Gasteiger partial charge >= 0.3 is 6.03 Å². The van der Waals surface area contributed by atoms with E-state index in [2.05, 4.69) is 12.2 Å². The summed E-state index contributed by atoms with van der Waals surface area (Å²) in [4.78, 5) is 13.3. The second kappa shape index (κ2) is 5.39. The van der Waals surface area contributed by atoms with Crippen LogP contribution in [-0.2, 0) is 6.42 Å². The highest BCUT2D eigenvalue weighted by Crippen LogP contribution is 2.15. The second-order valence-corrected chi connectivity index (χ2v) is 3.46. The molecule has 0 saturated carbocycles. The molecule has 0 aliphatic rings. The predicted molar refractivity (Wildman–Crippen MR) is 63.1 cm³/mol. The summed E-state index contributed by atoms with van der Waals surface area (Å²) in [7, 11) is 1.78. The molecule has 2 amide bonds. The van der Waals surface area contributed by atoms with E-state index in [0.717, 1.165) is 17.7 Å². The van der Waals surface area contributed by atoms with E-state index in [4.69, 9.17) is 0 Å². The van der Waals surface area contributed by atoms with E-state index in [1.807, 2.05) is 31.2 Å². The number of hydrogen-bond donors (Lipinski definition) is 1. The molecule has 0 bridgehead atoms. The second-order valence-electron chi connectivity index (χ2n) is 3.46. The van der Waals surface area contributed by atoms with Crippen LogP contribution in [0.4, 0.5) is 10.5 Å². The minimum absolute atomic E-state index is 0.0570. The molecular weight excluding hydrogens is 188 g/mol. The lowest BCUT2D eigenvalue weighted by molar-refractivity contribution is 0.224. The van der Waals surface area contributed by atoms with Crippen LogP contribution in [0.3, 0.4) is 0 Å². The summed E-state index contributed by atoms with van der Waals surface area (Å²) >= 11 is 0. The lowest BCUT2D eigenvalue weighted by Gasteiger charge is -2.17. The molecular formula is C12H18N2O. The van der Waals surface area contributed by atoms with Crippen molar-refractivity contribution in [3.63, 3.8) is 0 Å². The molecule has 1 rings (SSSR count). The Hall–Kier alpha value is -1.51. The average Bonchev–Trinajstić information content (AvgIpc) is 2.28. The summed E-state index contributed by atoms with van der Waals surface area (Å²) in [5.41, 5.74) is 2.07. The van der Waals surface area contributed by atoms with Crippen LogP contribution in [0.1, 0.15) is 19.4 Å². The van der Waals surface area contributed by atoms with E-state index in [0.29, 0.717) is 6.54 Å². The summed E-state index contributed by atoms with van der Waals surface area (Å²) in [5, 5.41) is 2.90. The highest BCUT2D eigenvalue weighted by molar-refractivity contribution is 5.89. The third-order valence-corrected chi connectivity index (χ3v) is 2.46. The number of nitrogens with zero attached hydrogens (tertiary/aromatic N) is 1. The van der Waals surface area contributed by atoms with E-state index < -0.39 is 0 Å². The van der Waals surface area contributed by atoms with Crippen molar-refractivity contribution in [3.8, 4) is 0 Å². The molecule has 15 heavy (non-hydrogen) atoms. The van der Waals surface area contributed by atoms with Gasteiger partial charge in [-0.05, 0) is 25.0 Å². The summed E-state index contributed by atoms with van der Waals surface area (Å²) in [6.45, 7) is 4.74. The minimum atomic E-state index is -0.0570. The Kier molecular flexibility index (Phi) is 4.16. The van der Waals surface area contributed by atoms with Gasteiger partial charge in [0.25, 0.3) is 0 Å². The van der Waals surface area contributed by atoms with Crippen molar-refractivity contribution in [1.29, 1.82) is 0 Å². The van der Waals surface area contributed by atoms with E-state index in [9.17, 15) is 4.79 Å². The Labute approximate surface area is 91.1 Å². The largest absolute Gasteiger partial charge is 0.328 e. The first-order valence-electron chi connectivity index (χ1n) is 5.29. The topological polar surface area (TPSA) is 32.3 Å². The zero-order valence-electron chi connectivity index (χ0n) is 9.58. The highest BCUT2D eigenvalue weighted by Gasteiger charge is 2.07. The molecule has 1 aromatic rings. The molecule has 0 saturated heterocycles. The lowest BCUT2D eigenvalue weighted by atomic mass is 10.1. The molecule has 3 heteroatoms. The highest BCUT2D eigenvalue weighted by atomic mass is 16.2. The van der Waals surface area contributed by atoms with Gasteiger partial charge in [-0.3, -0.25) is 0 Å². The third kappa shape index (κ3) is 2.98. The van der Waals surface area contributed by atoms with Gasteiger partial charge in [0.05, 0.1) is 0 Å². The normalized spacial score (nSPS) is 9.80. The maximum atomic E-state index is 11.6. The molecule has 0 aliphatic heterocycles. The summed E-state index contributed by atoms with van der Waals surface area (Å²) in [6, 6.07) is 7.82. The Morgan fingerprint density at radius 1 is 1.33 bits per heavy atom. The number of carbonyl (C=O) groups is 1. The van der Waals surface area contributed by atoms with Crippen molar-refractivity contribution in [2.75, 3.05) is 18.9 Å². The number of benzene rings is 1. The van der Waals surface area contributed by atoms with Gasteiger partial charge in [0.2, 0.25) is 0 Å². The number of carbonyl (C=O) groups excluding carboxylic acids is 1. The molecule has 82 valence electrons. The van der Waals surface area contributed by atoms with Crippen molar-refractivity contribution < 1.29 is 4.79 Å². The number of urea groups is 1. The third-order valence-electron chi connectivity index (χ3n) is 2.46. The summed E-state index contributed by atoms with van der Waals surface area (Å²) < 4.78 is 0. The monoisotopic (exact) mass is 206 g/mol. The van der Waals surface area contributed by atoms with Gasteiger partial charge in [0.15, 0.2) is 0 Å². The van der Waals surface area contributed by atoms with Crippen molar-refractivity contribution in [2.45, 2.75) is 20.3 Å². The van der Waals surface area contributed by atoms with Crippen LogP contribution in [-0.4, -0.2) is 24.5 Å². The fourth-order valence-electron chi connectivity index (χ4n) is 1.30. The molecule has 0 atom stereocenters. The number of amides is 2. The van der Waals surface area contributed by atoms with Crippen LogP contribution in [0.25, 0.3) is 0 Å². The fraction of sp³-hybridized carbons (Fsp3) is 0.417. The fourth-order valence-corrected chi connectivity index (χ4v) is 1.30. The number of aryl methyl sites for hydroxylation is 1. The van der Waals surface area contributed by atoms with Crippen molar-refractivity contribution in [2.24, 2.45) is 0 Å². The number of hydrogen-bond acceptors (Lipinski definition) is 1. The SMILES string of the molecule is CCc1ccccc1NC(=O)N(C)CC. The zero-order valence-corrected chi connectivity index (χ0v) is 9.58. The molecule has 1 N–H and O–H groups in total. The van der Waals surface area contributed by atoms with Crippen LogP contribution in [0.5, 0.6) is 0 Å². The van der Waals surface area contributed by atoms with Gasteiger partial charge in [-0.15, -0.1) is 0 Å². The van der Waals surface area contributed by atoms with Crippen LogP contribution < -0.4 is 5.32 Å². The Balaban J connectivity index is 2.76. The molecule has 0 heterocycles. The minimum Gasteiger partial charge on any atom is -0.328 e. The molecule has 0 aromatic heterocycles. The van der Waals surface area contributed by atoms with Crippen LogP contribution in [0.2, 0.25) is 0 Å². The maximum absolute atomic E-state index is 11.6. The lowest BCUT2D eigenvalue weighted by Crippen LogP contribution is -2.31. The van der Waals surface area contributed by atoms with Crippen LogP contribution in [0, 0.1) is 0 Å². The van der Waals surface area contributed by atoms with E-state index in [1.54, 1.807) is 11.9 Å². The van der Waals surface area contributed by atoms with E-state index >= 15 is 0 Å². The van der Waals surface area contributed by atoms with Gasteiger partial charge in [-0.2, -0.15) is 0 Å². The number of anilines is 1. The molecule has 0 unspecified atom stereocenters. The average molecular weight is 206 g/mol.